The molecule has 0 spiro atoms. The third-order valence-electron chi connectivity index (χ3n) is 2.51. The predicted molar refractivity (Wildman–Crippen MR) is 71.5 cm³/mol. The van der Waals surface area contributed by atoms with Gasteiger partial charge in [0.15, 0.2) is 0 Å². The third-order valence-corrected chi connectivity index (χ3v) is 2.51. The number of pyridine rings is 2. The highest BCUT2D eigenvalue weighted by molar-refractivity contribution is 5.63. The smallest absolute Gasteiger partial charge is 0.213 e. The third kappa shape index (κ3) is 3.10. The number of anilines is 2. The van der Waals surface area contributed by atoms with Crippen LogP contribution in [0.4, 0.5) is 11.5 Å². The molecule has 19 heavy (non-hydrogen) atoms. The molecule has 0 aliphatic rings. The molecule has 6 heteroatoms. The molecule has 0 aromatic carbocycles. The van der Waals surface area contributed by atoms with Crippen molar-refractivity contribution in [2.45, 2.75) is 6.54 Å². The number of nitrogens with zero attached hydrogens (tertiary/aromatic N) is 3. The molecule has 0 amide bonds. The van der Waals surface area contributed by atoms with Gasteiger partial charge in [-0.05, 0) is 17.7 Å². The van der Waals surface area contributed by atoms with Crippen LogP contribution in [0.15, 0.2) is 30.6 Å². The van der Waals surface area contributed by atoms with E-state index in [-0.39, 0.29) is 0 Å². The van der Waals surface area contributed by atoms with Gasteiger partial charge >= 0.3 is 0 Å². The van der Waals surface area contributed by atoms with E-state index in [1.165, 1.54) is 6.20 Å². The molecular formula is C13H13N5O. The fourth-order valence-corrected chi connectivity index (χ4v) is 1.55. The van der Waals surface area contributed by atoms with Gasteiger partial charge in [-0.1, -0.05) is 0 Å². The summed E-state index contributed by atoms with van der Waals surface area (Å²) in [5.74, 6) is 1.11. The van der Waals surface area contributed by atoms with Crippen LogP contribution in [-0.4, -0.2) is 17.1 Å². The minimum atomic E-state index is 0.439. The molecular weight excluding hydrogens is 242 g/mol. The second kappa shape index (κ2) is 5.69. The normalized spacial score (nSPS) is 9.68. The van der Waals surface area contributed by atoms with Crippen molar-refractivity contribution in [2.24, 2.45) is 0 Å². The number of nitrogens with two attached hydrogens (primary N) is 1. The molecule has 0 bridgehead atoms. The fraction of sp³-hybridized carbons (Fsp3) is 0.154. The zero-order valence-electron chi connectivity index (χ0n) is 10.4. The molecule has 0 aliphatic heterocycles. The van der Waals surface area contributed by atoms with Crippen LogP contribution in [0.3, 0.4) is 0 Å². The van der Waals surface area contributed by atoms with Gasteiger partial charge in [0.05, 0.1) is 18.4 Å². The van der Waals surface area contributed by atoms with Gasteiger partial charge in [0.1, 0.15) is 11.9 Å². The average Bonchev–Trinajstić information content (AvgIpc) is 2.46. The largest absolute Gasteiger partial charge is 0.481 e. The van der Waals surface area contributed by atoms with Crippen LogP contribution < -0.4 is 15.8 Å². The lowest BCUT2D eigenvalue weighted by atomic mass is 10.2. The van der Waals surface area contributed by atoms with Crippen molar-refractivity contribution >= 4 is 11.5 Å². The van der Waals surface area contributed by atoms with Crippen LogP contribution in [0, 0.1) is 11.3 Å². The Morgan fingerprint density at radius 2 is 2.26 bits per heavy atom. The van der Waals surface area contributed by atoms with Crippen molar-refractivity contribution in [3.63, 3.8) is 0 Å². The predicted octanol–water partition coefficient (Wildman–Crippen LogP) is 1.55. The minimum Gasteiger partial charge on any atom is -0.481 e. The second-order valence-electron chi connectivity index (χ2n) is 3.83. The Hall–Kier alpha value is -2.81. The number of ether oxygens (including phenoxy) is 1. The van der Waals surface area contributed by atoms with E-state index in [2.05, 4.69) is 15.3 Å². The Balaban J connectivity index is 2.08. The molecule has 3 N–H and O–H groups in total. The van der Waals surface area contributed by atoms with Gasteiger partial charge in [0.25, 0.3) is 0 Å². The first-order chi connectivity index (χ1) is 9.22. The summed E-state index contributed by atoms with van der Waals surface area (Å²) in [6.07, 6.45) is 3.15. The lowest BCUT2D eigenvalue weighted by Gasteiger charge is -2.09. The number of nitrogens with one attached hydrogen (secondary N) is 1. The summed E-state index contributed by atoms with van der Waals surface area (Å²) in [4.78, 5) is 8.13. The first-order valence-electron chi connectivity index (χ1n) is 5.61. The lowest BCUT2D eigenvalue weighted by molar-refractivity contribution is 0.397. The average molecular weight is 255 g/mol. The minimum absolute atomic E-state index is 0.439. The van der Waals surface area contributed by atoms with Crippen LogP contribution in [0.1, 0.15) is 11.1 Å². The Morgan fingerprint density at radius 1 is 1.42 bits per heavy atom. The summed E-state index contributed by atoms with van der Waals surface area (Å²) < 4.78 is 5.05. The first-order valence-corrected chi connectivity index (χ1v) is 5.61. The molecule has 6 nitrogen and oxygen atoms in total. The standard InChI is InChI=1S/C13H13N5O/c1-19-12-5-9(2-3-16-12)7-17-13-11(15)4-10(6-14)8-18-13/h2-5,8H,7,15H2,1H3,(H,17,18). The summed E-state index contributed by atoms with van der Waals surface area (Å²) in [5, 5.41) is 11.8. The Bertz CT molecular complexity index is 621. The second-order valence-corrected chi connectivity index (χ2v) is 3.83. The van der Waals surface area contributed by atoms with Crippen molar-refractivity contribution < 1.29 is 4.74 Å². The maximum Gasteiger partial charge on any atom is 0.213 e. The molecule has 0 atom stereocenters. The number of nitriles is 1. The van der Waals surface area contributed by atoms with Crippen LogP contribution in [0.5, 0.6) is 5.88 Å². The summed E-state index contributed by atoms with van der Waals surface area (Å²) in [7, 11) is 1.57. The van der Waals surface area contributed by atoms with E-state index in [1.807, 2.05) is 18.2 Å². The molecule has 0 aliphatic carbocycles. The molecule has 0 saturated heterocycles. The molecule has 2 aromatic heterocycles. The van der Waals surface area contributed by atoms with Crippen LogP contribution >= 0.6 is 0 Å². The zero-order valence-corrected chi connectivity index (χ0v) is 10.4. The molecule has 96 valence electrons. The molecule has 0 radical (unpaired) electrons. The van der Waals surface area contributed by atoms with Gasteiger partial charge in [-0.15, -0.1) is 0 Å². The van der Waals surface area contributed by atoms with Crippen molar-refractivity contribution in [3.8, 4) is 11.9 Å². The highest BCUT2D eigenvalue weighted by atomic mass is 16.5. The van der Waals surface area contributed by atoms with Gasteiger partial charge in [-0.2, -0.15) is 5.26 Å². The van der Waals surface area contributed by atoms with Crippen LogP contribution in [0.2, 0.25) is 0 Å². The summed E-state index contributed by atoms with van der Waals surface area (Å²) in [5.41, 5.74) is 7.68. The van der Waals surface area contributed by atoms with Gasteiger partial charge in [-0.25, -0.2) is 9.97 Å². The van der Waals surface area contributed by atoms with E-state index in [9.17, 15) is 0 Å². The monoisotopic (exact) mass is 255 g/mol. The molecule has 0 saturated carbocycles. The highest BCUT2D eigenvalue weighted by Gasteiger charge is 2.03. The summed E-state index contributed by atoms with van der Waals surface area (Å²) in [6, 6.07) is 7.27. The summed E-state index contributed by atoms with van der Waals surface area (Å²) >= 11 is 0. The Kier molecular flexibility index (Phi) is 3.78. The molecule has 0 fully saturated rings. The van der Waals surface area contributed by atoms with E-state index in [1.54, 1.807) is 19.4 Å². The molecule has 2 rings (SSSR count). The van der Waals surface area contributed by atoms with Gasteiger partial charge in [0.2, 0.25) is 5.88 Å². The van der Waals surface area contributed by atoms with E-state index in [4.69, 9.17) is 15.7 Å². The first kappa shape index (κ1) is 12.6. The van der Waals surface area contributed by atoms with E-state index < -0.39 is 0 Å². The number of hydrogen-bond donors (Lipinski definition) is 2. The van der Waals surface area contributed by atoms with Crippen LogP contribution in [0.25, 0.3) is 0 Å². The fourth-order valence-electron chi connectivity index (χ4n) is 1.55. The van der Waals surface area contributed by atoms with E-state index in [0.29, 0.717) is 29.5 Å². The van der Waals surface area contributed by atoms with Gasteiger partial charge in [0, 0.05) is 25.0 Å². The molecule has 2 heterocycles. The highest BCUT2D eigenvalue weighted by Crippen LogP contribution is 2.17. The van der Waals surface area contributed by atoms with Crippen molar-refractivity contribution in [1.82, 2.24) is 9.97 Å². The summed E-state index contributed by atoms with van der Waals surface area (Å²) in [6.45, 7) is 0.544. The number of rotatable bonds is 4. The Labute approximate surface area is 110 Å². The van der Waals surface area contributed by atoms with E-state index >= 15 is 0 Å². The quantitative estimate of drug-likeness (QED) is 0.860. The van der Waals surface area contributed by atoms with Gasteiger partial charge in [-0.3, -0.25) is 0 Å². The van der Waals surface area contributed by atoms with Gasteiger partial charge < -0.3 is 15.8 Å². The zero-order chi connectivity index (χ0) is 13.7. The number of nitrogen functional groups attached to an aromatic ring is 1. The maximum atomic E-state index is 8.73. The SMILES string of the molecule is COc1cc(CNc2ncc(C#N)cc2N)ccn1. The number of hydrogen-bond acceptors (Lipinski definition) is 6. The lowest BCUT2D eigenvalue weighted by Crippen LogP contribution is -2.05. The maximum absolute atomic E-state index is 8.73. The topological polar surface area (TPSA) is 96.8 Å². The van der Waals surface area contributed by atoms with Crippen molar-refractivity contribution in [2.75, 3.05) is 18.2 Å². The van der Waals surface area contributed by atoms with Crippen molar-refractivity contribution in [1.29, 1.82) is 5.26 Å². The number of aromatic nitrogens is 2. The Morgan fingerprint density at radius 3 is 2.95 bits per heavy atom. The molecule has 0 unspecified atom stereocenters. The van der Waals surface area contributed by atoms with Crippen molar-refractivity contribution in [3.05, 3.63) is 41.7 Å². The number of methoxy groups -OCH3 is 1. The van der Waals surface area contributed by atoms with Crippen LogP contribution in [-0.2, 0) is 6.54 Å². The molecule has 2 aromatic rings. The van der Waals surface area contributed by atoms with E-state index in [0.717, 1.165) is 5.56 Å².